The highest BCUT2D eigenvalue weighted by Gasteiger charge is 2.45. The fraction of sp³-hybridized carbons (Fsp3) is 0.0385. The molecule has 0 saturated carbocycles. The van der Waals surface area contributed by atoms with Crippen LogP contribution in [0.5, 0.6) is 0 Å². The van der Waals surface area contributed by atoms with E-state index in [1.165, 1.54) is 44.5 Å². The van der Waals surface area contributed by atoms with Crippen LogP contribution in [0.25, 0.3) is 33.6 Å². The van der Waals surface area contributed by atoms with Gasteiger partial charge in [0.2, 0.25) is 0 Å². The first-order valence-electron chi connectivity index (χ1n) is 18.2. The van der Waals surface area contributed by atoms with E-state index in [9.17, 15) is 0 Å². The van der Waals surface area contributed by atoms with Crippen molar-refractivity contribution in [2.75, 3.05) is 0 Å². The van der Waals surface area contributed by atoms with Crippen LogP contribution in [0.4, 0.5) is 0 Å². The zero-order valence-electron chi connectivity index (χ0n) is 29.4. The quantitative estimate of drug-likeness (QED) is 0.173. The van der Waals surface area contributed by atoms with Crippen molar-refractivity contribution in [2.24, 2.45) is 0 Å². The lowest BCUT2D eigenvalue weighted by atomic mass is 9.73. The molecule has 250 valence electrons. The largest absolute Gasteiger partial charge is 0.254 e. The molecule has 0 radical (unpaired) electrons. The Morgan fingerprint density at radius 1 is 0.315 bits per heavy atom. The molecular weight excluding hydrogens is 653 g/mol. The molecule has 2 heterocycles. The van der Waals surface area contributed by atoms with Gasteiger partial charge in [0.25, 0.3) is 0 Å². The van der Waals surface area contributed by atoms with Crippen LogP contribution in [0.3, 0.4) is 0 Å². The maximum atomic E-state index is 5.07. The van der Waals surface area contributed by atoms with Crippen molar-refractivity contribution in [2.45, 2.75) is 10.8 Å². The first-order chi connectivity index (χ1) is 26.8. The maximum Gasteiger partial charge on any atom is 0.109 e. The Hall–Kier alpha value is -7.26. The minimum absolute atomic E-state index is 0.682. The van der Waals surface area contributed by atoms with E-state index in [4.69, 9.17) is 9.97 Å². The first kappa shape index (κ1) is 31.5. The summed E-state index contributed by atoms with van der Waals surface area (Å²) in [5.41, 5.74) is 13.7. The number of hydrogen-bond acceptors (Lipinski definition) is 2. The van der Waals surface area contributed by atoms with Gasteiger partial charge >= 0.3 is 0 Å². The normalized spacial score (nSPS) is 13.6. The minimum Gasteiger partial charge on any atom is -0.254 e. The highest BCUT2D eigenvalue weighted by atomic mass is 14.8. The molecule has 2 aliphatic carbocycles. The van der Waals surface area contributed by atoms with Crippen LogP contribution in [0.2, 0.25) is 0 Å². The number of fused-ring (bicyclic) bond motifs is 6. The molecule has 0 amide bonds. The summed E-state index contributed by atoms with van der Waals surface area (Å²) in [6, 6.07) is 63.4. The zero-order valence-corrected chi connectivity index (χ0v) is 29.4. The molecule has 2 heteroatoms. The minimum atomic E-state index is -0.682. The smallest absolute Gasteiger partial charge is 0.109 e. The van der Waals surface area contributed by atoms with Gasteiger partial charge in [0.05, 0.1) is 11.4 Å². The van der Waals surface area contributed by atoms with Gasteiger partial charge in [0, 0.05) is 23.5 Å². The molecule has 6 aromatic carbocycles. The molecule has 8 aromatic rings. The van der Waals surface area contributed by atoms with Crippen LogP contribution < -0.4 is 0 Å². The number of rotatable bonds is 3. The van der Waals surface area contributed by atoms with Gasteiger partial charge in [-0.25, -0.2) is 0 Å². The molecule has 0 spiro atoms. The van der Waals surface area contributed by atoms with Gasteiger partial charge in [-0.15, -0.1) is 0 Å². The Kier molecular flexibility index (Phi) is 7.43. The van der Waals surface area contributed by atoms with E-state index in [1.807, 2.05) is 48.8 Å². The van der Waals surface area contributed by atoms with E-state index in [1.54, 1.807) is 0 Å². The summed E-state index contributed by atoms with van der Waals surface area (Å²) >= 11 is 0. The van der Waals surface area contributed by atoms with Crippen molar-refractivity contribution in [3.05, 3.63) is 239 Å². The molecule has 0 bridgehead atoms. The van der Waals surface area contributed by atoms with Crippen LogP contribution in [0, 0.1) is 23.7 Å². The molecule has 0 fully saturated rings. The number of benzene rings is 6. The van der Waals surface area contributed by atoms with Crippen LogP contribution in [0.1, 0.15) is 44.5 Å². The van der Waals surface area contributed by atoms with Gasteiger partial charge in [-0.1, -0.05) is 169 Å². The third kappa shape index (κ3) is 4.86. The third-order valence-corrected chi connectivity index (χ3v) is 10.9. The molecule has 54 heavy (non-hydrogen) atoms. The van der Waals surface area contributed by atoms with E-state index >= 15 is 0 Å². The average Bonchev–Trinajstić information content (AvgIpc) is 3.71. The average molecular weight is 685 g/mol. The molecule has 2 aromatic heterocycles. The Labute approximate surface area is 315 Å². The molecular formula is C52H32N2. The van der Waals surface area contributed by atoms with Crippen molar-refractivity contribution in [3.63, 3.8) is 0 Å². The third-order valence-electron chi connectivity index (χ3n) is 10.9. The van der Waals surface area contributed by atoms with E-state index in [2.05, 4.69) is 169 Å². The molecule has 0 saturated heterocycles. The lowest BCUT2D eigenvalue weighted by Gasteiger charge is -2.27. The SMILES string of the molecule is C(#CC1(c2ccc(-c3ccc(C4(C#Cc5ccccc5)c5ccccc5-c5ccccc54)cn3)nc2)c2ccccc2-c2ccccc21)c1ccccc1. The molecule has 2 nitrogen and oxygen atoms in total. The van der Waals surface area contributed by atoms with Gasteiger partial charge in [0.1, 0.15) is 10.8 Å². The van der Waals surface area contributed by atoms with E-state index in [-0.39, 0.29) is 0 Å². The fourth-order valence-corrected chi connectivity index (χ4v) is 8.42. The van der Waals surface area contributed by atoms with Crippen LogP contribution in [-0.4, -0.2) is 9.97 Å². The molecule has 0 atom stereocenters. The summed E-state index contributed by atoms with van der Waals surface area (Å²) in [6.45, 7) is 0. The summed E-state index contributed by atoms with van der Waals surface area (Å²) in [5.74, 6) is 14.6. The second-order valence-corrected chi connectivity index (χ2v) is 13.8. The van der Waals surface area contributed by atoms with Gasteiger partial charge in [0.15, 0.2) is 0 Å². The maximum absolute atomic E-state index is 5.07. The Balaban J connectivity index is 1.08. The highest BCUT2D eigenvalue weighted by Crippen LogP contribution is 2.53. The van der Waals surface area contributed by atoms with Crippen molar-refractivity contribution in [1.82, 2.24) is 9.97 Å². The van der Waals surface area contributed by atoms with Crippen LogP contribution >= 0.6 is 0 Å². The van der Waals surface area contributed by atoms with Gasteiger partial charge in [-0.2, -0.15) is 0 Å². The second-order valence-electron chi connectivity index (χ2n) is 13.8. The second kappa shape index (κ2) is 12.8. The van der Waals surface area contributed by atoms with E-state index in [0.29, 0.717) is 0 Å². The number of nitrogens with zero attached hydrogens (tertiary/aromatic N) is 2. The summed E-state index contributed by atoms with van der Waals surface area (Å²) in [5, 5.41) is 0. The van der Waals surface area contributed by atoms with E-state index < -0.39 is 10.8 Å². The number of aromatic nitrogens is 2. The first-order valence-corrected chi connectivity index (χ1v) is 18.2. The van der Waals surface area contributed by atoms with E-state index in [0.717, 1.165) is 33.6 Å². The Morgan fingerprint density at radius 3 is 0.944 bits per heavy atom. The Morgan fingerprint density at radius 2 is 0.630 bits per heavy atom. The lowest BCUT2D eigenvalue weighted by Crippen LogP contribution is -2.25. The van der Waals surface area contributed by atoms with Gasteiger partial charge < -0.3 is 0 Å². The van der Waals surface area contributed by atoms with Crippen molar-refractivity contribution in [3.8, 4) is 57.3 Å². The van der Waals surface area contributed by atoms with Crippen molar-refractivity contribution < 1.29 is 0 Å². The van der Waals surface area contributed by atoms with Crippen molar-refractivity contribution in [1.29, 1.82) is 0 Å². The molecule has 2 aliphatic rings. The summed E-state index contributed by atoms with van der Waals surface area (Å²) in [6.07, 6.45) is 3.97. The predicted octanol–water partition coefficient (Wildman–Crippen LogP) is 10.9. The van der Waals surface area contributed by atoms with Gasteiger partial charge in [-0.05, 0) is 92.0 Å². The van der Waals surface area contributed by atoms with Crippen molar-refractivity contribution >= 4 is 0 Å². The summed E-state index contributed by atoms with van der Waals surface area (Å²) < 4.78 is 0. The molecule has 0 unspecified atom stereocenters. The number of hydrogen-bond donors (Lipinski definition) is 0. The van der Waals surface area contributed by atoms with Crippen LogP contribution in [0.15, 0.2) is 194 Å². The molecule has 10 rings (SSSR count). The lowest BCUT2D eigenvalue weighted by molar-refractivity contribution is 0.826. The summed E-state index contributed by atoms with van der Waals surface area (Å²) in [4.78, 5) is 10.1. The monoisotopic (exact) mass is 684 g/mol. The Bertz CT molecular complexity index is 2520. The topological polar surface area (TPSA) is 25.8 Å². The van der Waals surface area contributed by atoms with Crippen LogP contribution in [-0.2, 0) is 10.8 Å². The zero-order chi connectivity index (χ0) is 36.0. The molecule has 0 N–H and O–H groups in total. The fourth-order valence-electron chi connectivity index (χ4n) is 8.42. The predicted molar refractivity (Wildman–Crippen MR) is 218 cm³/mol. The number of pyridine rings is 2. The standard InChI is InChI=1S/C52H32N2/c1-3-15-37(16-4-1)31-33-51(45-23-11-7-19-41(45)42-20-8-12-24-46(42)51)39-27-29-49(53-35-39)50-30-28-40(36-54-50)52(34-32-38-17-5-2-6-18-38)47-25-13-9-21-43(47)44-22-10-14-26-48(44)52/h1-30,35-36H. The van der Waals surface area contributed by atoms with Gasteiger partial charge in [-0.3, -0.25) is 9.97 Å². The summed E-state index contributed by atoms with van der Waals surface area (Å²) in [7, 11) is 0. The highest BCUT2D eigenvalue weighted by molar-refractivity contribution is 5.87. The molecule has 0 aliphatic heterocycles.